The maximum Gasteiger partial charge on any atom is 0.193 e. The van der Waals surface area contributed by atoms with Crippen molar-refractivity contribution in [2.45, 2.75) is 6.42 Å². The van der Waals surface area contributed by atoms with E-state index in [2.05, 4.69) is 0 Å². The molecule has 0 bridgehead atoms. The average Bonchev–Trinajstić information content (AvgIpc) is 2.30. The van der Waals surface area contributed by atoms with Crippen LogP contribution in [0.1, 0.15) is 27.0 Å². The molecule has 1 nitrogen and oxygen atoms in total. The summed E-state index contributed by atoms with van der Waals surface area (Å²) in [6, 6.07) is 15.7. The summed E-state index contributed by atoms with van der Waals surface area (Å²) in [5.74, 6) is 0.160. The molecule has 1 aliphatic carbocycles. The minimum atomic E-state index is 0. The molecular weight excluding hydrogens is 381 g/mol. The van der Waals surface area contributed by atoms with Crippen LogP contribution < -0.4 is 0 Å². The zero-order chi connectivity index (χ0) is 10.3. The van der Waals surface area contributed by atoms with Gasteiger partial charge in [-0.2, -0.15) is 0 Å². The van der Waals surface area contributed by atoms with Crippen LogP contribution in [-0.4, -0.2) is 5.78 Å². The quantitative estimate of drug-likeness (QED) is 0.539. The molecular formula is C14H10AuO. The fourth-order valence-corrected chi connectivity index (χ4v) is 2.14. The Morgan fingerprint density at radius 3 is 1.69 bits per heavy atom. The van der Waals surface area contributed by atoms with Crippen molar-refractivity contribution in [2.75, 3.05) is 0 Å². The molecule has 0 aromatic heterocycles. The third-order valence-corrected chi connectivity index (χ3v) is 2.90. The van der Waals surface area contributed by atoms with Gasteiger partial charge in [0.25, 0.3) is 0 Å². The Labute approximate surface area is 110 Å². The van der Waals surface area contributed by atoms with Crippen LogP contribution in [0.15, 0.2) is 48.5 Å². The van der Waals surface area contributed by atoms with Crippen molar-refractivity contribution in [3.05, 3.63) is 70.8 Å². The summed E-state index contributed by atoms with van der Waals surface area (Å²) >= 11 is 0. The predicted molar refractivity (Wildman–Crippen MR) is 59.1 cm³/mol. The van der Waals surface area contributed by atoms with E-state index in [-0.39, 0.29) is 28.2 Å². The van der Waals surface area contributed by atoms with Crippen LogP contribution in [0, 0.1) is 0 Å². The Bertz CT molecular complexity index is 498. The molecule has 2 aromatic rings. The van der Waals surface area contributed by atoms with Crippen LogP contribution in [0.4, 0.5) is 0 Å². The van der Waals surface area contributed by atoms with Gasteiger partial charge in [0.05, 0.1) is 0 Å². The van der Waals surface area contributed by atoms with E-state index in [0.29, 0.717) is 0 Å². The molecule has 2 aromatic carbocycles. The molecule has 0 saturated heterocycles. The zero-order valence-corrected chi connectivity index (χ0v) is 10.7. The molecule has 1 aliphatic rings. The molecule has 0 atom stereocenters. The minimum absolute atomic E-state index is 0. The maximum atomic E-state index is 12.1. The molecule has 0 spiro atoms. The SMILES string of the molecule is O=C1c2ccccc2Cc2ccccc21.[Au]. The van der Waals surface area contributed by atoms with E-state index in [1.807, 2.05) is 48.5 Å². The summed E-state index contributed by atoms with van der Waals surface area (Å²) in [6.07, 6.45) is 0.873. The number of ketones is 1. The van der Waals surface area contributed by atoms with Gasteiger partial charge in [-0.05, 0) is 17.5 Å². The van der Waals surface area contributed by atoms with E-state index in [0.717, 1.165) is 28.7 Å². The first-order valence-electron chi connectivity index (χ1n) is 5.07. The second-order valence-electron chi connectivity index (χ2n) is 3.82. The van der Waals surface area contributed by atoms with Gasteiger partial charge in [-0.15, -0.1) is 0 Å². The van der Waals surface area contributed by atoms with Gasteiger partial charge >= 0.3 is 0 Å². The Kier molecular flexibility index (Phi) is 3.10. The van der Waals surface area contributed by atoms with Gasteiger partial charge in [-0.1, -0.05) is 48.5 Å². The standard InChI is InChI=1S/C14H10O.Au/c15-14-12-7-3-1-5-10(12)9-11-6-2-4-8-13(11)14;/h1-8H,9H2;. The first-order valence-corrected chi connectivity index (χ1v) is 5.07. The minimum Gasteiger partial charge on any atom is -0.289 e. The monoisotopic (exact) mass is 391 g/mol. The van der Waals surface area contributed by atoms with Crippen LogP contribution in [0.25, 0.3) is 0 Å². The van der Waals surface area contributed by atoms with Crippen LogP contribution in [0.5, 0.6) is 0 Å². The summed E-state index contributed by atoms with van der Waals surface area (Å²) in [5.41, 5.74) is 4.00. The summed E-state index contributed by atoms with van der Waals surface area (Å²) in [4.78, 5) is 12.1. The molecule has 16 heavy (non-hydrogen) atoms. The molecule has 0 N–H and O–H groups in total. The maximum absolute atomic E-state index is 12.1. The third kappa shape index (κ3) is 1.67. The summed E-state index contributed by atoms with van der Waals surface area (Å²) in [6.45, 7) is 0. The number of rotatable bonds is 0. The van der Waals surface area contributed by atoms with Gasteiger partial charge in [0.1, 0.15) is 0 Å². The fraction of sp³-hybridized carbons (Fsp3) is 0.0714. The molecule has 83 valence electrons. The van der Waals surface area contributed by atoms with Gasteiger partial charge in [0.15, 0.2) is 5.78 Å². The smallest absolute Gasteiger partial charge is 0.193 e. The van der Waals surface area contributed by atoms with Crippen molar-refractivity contribution >= 4 is 5.78 Å². The number of hydrogen-bond acceptors (Lipinski definition) is 1. The van der Waals surface area contributed by atoms with E-state index in [4.69, 9.17) is 0 Å². The number of carbonyl (C=O) groups is 1. The summed E-state index contributed by atoms with van der Waals surface area (Å²) < 4.78 is 0. The first kappa shape index (κ1) is 11.3. The first-order chi connectivity index (χ1) is 7.36. The van der Waals surface area contributed by atoms with Gasteiger partial charge in [0.2, 0.25) is 0 Å². The van der Waals surface area contributed by atoms with Gasteiger partial charge in [0, 0.05) is 33.5 Å². The molecule has 0 amide bonds. The molecule has 0 fully saturated rings. The number of fused-ring (bicyclic) bond motifs is 2. The second kappa shape index (κ2) is 4.38. The van der Waals surface area contributed by atoms with Gasteiger partial charge in [-0.3, -0.25) is 4.79 Å². The molecule has 0 heterocycles. The summed E-state index contributed by atoms with van der Waals surface area (Å²) in [5, 5.41) is 0. The molecule has 0 aliphatic heterocycles. The van der Waals surface area contributed by atoms with Crippen LogP contribution in [0.3, 0.4) is 0 Å². The molecule has 0 unspecified atom stereocenters. The van der Waals surface area contributed by atoms with Crippen molar-refractivity contribution in [1.82, 2.24) is 0 Å². The Morgan fingerprint density at radius 2 is 1.19 bits per heavy atom. The Morgan fingerprint density at radius 1 is 0.750 bits per heavy atom. The van der Waals surface area contributed by atoms with Crippen molar-refractivity contribution in [3.8, 4) is 0 Å². The zero-order valence-electron chi connectivity index (χ0n) is 8.54. The van der Waals surface area contributed by atoms with Crippen molar-refractivity contribution in [3.63, 3.8) is 0 Å². The van der Waals surface area contributed by atoms with Crippen LogP contribution in [0.2, 0.25) is 0 Å². The number of benzene rings is 2. The van der Waals surface area contributed by atoms with Gasteiger partial charge in [-0.25, -0.2) is 0 Å². The third-order valence-electron chi connectivity index (χ3n) is 2.90. The molecule has 3 rings (SSSR count). The van der Waals surface area contributed by atoms with Crippen LogP contribution >= 0.6 is 0 Å². The molecule has 2 heteroatoms. The predicted octanol–water partition coefficient (Wildman–Crippen LogP) is 2.82. The van der Waals surface area contributed by atoms with E-state index < -0.39 is 0 Å². The van der Waals surface area contributed by atoms with E-state index >= 15 is 0 Å². The van der Waals surface area contributed by atoms with Gasteiger partial charge < -0.3 is 0 Å². The molecule has 1 radical (unpaired) electrons. The van der Waals surface area contributed by atoms with Crippen LogP contribution in [-0.2, 0) is 28.8 Å². The van der Waals surface area contributed by atoms with Crippen molar-refractivity contribution in [2.24, 2.45) is 0 Å². The average molecular weight is 391 g/mol. The fourth-order valence-electron chi connectivity index (χ4n) is 2.14. The number of carbonyl (C=O) groups excluding carboxylic acids is 1. The van der Waals surface area contributed by atoms with E-state index in [9.17, 15) is 4.79 Å². The largest absolute Gasteiger partial charge is 0.289 e. The van der Waals surface area contributed by atoms with Crippen molar-refractivity contribution in [1.29, 1.82) is 0 Å². The summed E-state index contributed by atoms with van der Waals surface area (Å²) in [7, 11) is 0. The van der Waals surface area contributed by atoms with Crippen molar-refractivity contribution < 1.29 is 27.2 Å². The Balaban J connectivity index is 0.000000963. The van der Waals surface area contributed by atoms with E-state index in [1.54, 1.807) is 0 Å². The molecule has 0 saturated carbocycles. The normalized spacial score (nSPS) is 12.4. The number of hydrogen-bond donors (Lipinski definition) is 0. The second-order valence-corrected chi connectivity index (χ2v) is 3.82. The van der Waals surface area contributed by atoms with E-state index in [1.165, 1.54) is 0 Å². The Hall–Kier alpha value is -1.15. The topological polar surface area (TPSA) is 17.1 Å².